The van der Waals surface area contributed by atoms with Crippen molar-refractivity contribution >= 4 is 32.6 Å². The summed E-state index contributed by atoms with van der Waals surface area (Å²) in [5, 5.41) is 0.258. The molecular formula is C17H10BrF3N2O2. The van der Waals surface area contributed by atoms with Crippen LogP contribution >= 0.6 is 15.9 Å². The number of alkyl halides is 3. The molecule has 3 aromatic rings. The van der Waals surface area contributed by atoms with Crippen LogP contribution in [0.15, 0.2) is 57.8 Å². The minimum Gasteiger partial charge on any atom is -0.289 e. The summed E-state index contributed by atoms with van der Waals surface area (Å²) in [6.07, 6.45) is -6.01. The summed E-state index contributed by atoms with van der Waals surface area (Å²) in [5.41, 5.74) is 0.0418. The molecule has 1 aromatic heterocycles. The number of nitrogens with zero attached hydrogens (tertiary/aromatic N) is 2. The monoisotopic (exact) mass is 410 g/mol. The van der Waals surface area contributed by atoms with Gasteiger partial charge in [-0.1, -0.05) is 28.1 Å². The number of rotatable bonds is 3. The third-order valence-electron chi connectivity index (χ3n) is 3.56. The van der Waals surface area contributed by atoms with Crippen LogP contribution in [0.25, 0.3) is 16.6 Å². The number of hydrogen-bond donors (Lipinski definition) is 0. The SMILES string of the molecule is O=C(Cc1nc2ccccc2c(=O)n1-c1ccc(Br)cc1)C(F)(F)F. The highest BCUT2D eigenvalue weighted by atomic mass is 79.9. The molecule has 3 rings (SSSR count). The fraction of sp³-hybridized carbons (Fsp3) is 0.118. The molecule has 1 heterocycles. The summed E-state index contributed by atoms with van der Waals surface area (Å²) in [7, 11) is 0. The fourth-order valence-electron chi connectivity index (χ4n) is 2.40. The topological polar surface area (TPSA) is 52.0 Å². The zero-order valence-corrected chi connectivity index (χ0v) is 14.1. The van der Waals surface area contributed by atoms with Gasteiger partial charge >= 0.3 is 6.18 Å². The normalized spacial score (nSPS) is 11.7. The highest BCUT2D eigenvalue weighted by Gasteiger charge is 2.38. The molecule has 0 aliphatic heterocycles. The van der Waals surface area contributed by atoms with Gasteiger partial charge in [-0.2, -0.15) is 13.2 Å². The van der Waals surface area contributed by atoms with Crippen molar-refractivity contribution in [2.24, 2.45) is 0 Å². The smallest absolute Gasteiger partial charge is 0.289 e. The number of aromatic nitrogens is 2. The maximum absolute atomic E-state index is 12.8. The Morgan fingerprint density at radius 3 is 2.36 bits per heavy atom. The fourth-order valence-corrected chi connectivity index (χ4v) is 2.66. The van der Waals surface area contributed by atoms with Crippen LogP contribution < -0.4 is 5.56 Å². The summed E-state index contributed by atoms with van der Waals surface area (Å²) in [6, 6.07) is 12.7. The average Bonchev–Trinajstić information content (AvgIpc) is 2.55. The van der Waals surface area contributed by atoms with E-state index in [1.807, 2.05) is 0 Å². The Balaban J connectivity index is 2.26. The van der Waals surface area contributed by atoms with E-state index in [4.69, 9.17) is 0 Å². The first-order valence-electron chi connectivity index (χ1n) is 7.14. The van der Waals surface area contributed by atoms with Crippen LogP contribution in [0.2, 0.25) is 0 Å². The lowest BCUT2D eigenvalue weighted by Crippen LogP contribution is -2.30. The highest BCUT2D eigenvalue weighted by molar-refractivity contribution is 9.10. The molecule has 0 atom stereocenters. The van der Waals surface area contributed by atoms with Crippen molar-refractivity contribution in [3.8, 4) is 5.69 Å². The van der Waals surface area contributed by atoms with E-state index in [1.165, 1.54) is 12.1 Å². The third-order valence-corrected chi connectivity index (χ3v) is 4.09. The maximum atomic E-state index is 12.8. The second-order valence-electron chi connectivity index (χ2n) is 5.26. The van der Waals surface area contributed by atoms with Gasteiger partial charge in [0.25, 0.3) is 5.56 Å². The number of carbonyl (C=O) groups is 1. The molecule has 0 saturated carbocycles. The second kappa shape index (κ2) is 6.44. The van der Waals surface area contributed by atoms with Crippen molar-refractivity contribution in [3.63, 3.8) is 0 Å². The second-order valence-corrected chi connectivity index (χ2v) is 6.18. The van der Waals surface area contributed by atoms with Gasteiger partial charge in [0, 0.05) is 4.47 Å². The van der Waals surface area contributed by atoms with Gasteiger partial charge in [0.05, 0.1) is 23.0 Å². The number of ketones is 1. The van der Waals surface area contributed by atoms with Crippen molar-refractivity contribution in [1.82, 2.24) is 9.55 Å². The van der Waals surface area contributed by atoms with Crippen LogP contribution in [0.3, 0.4) is 0 Å². The zero-order chi connectivity index (χ0) is 18.2. The van der Waals surface area contributed by atoms with Crippen LogP contribution in [0.5, 0.6) is 0 Å². The molecule has 0 spiro atoms. The molecular weight excluding hydrogens is 401 g/mol. The molecule has 0 aliphatic carbocycles. The van der Waals surface area contributed by atoms with Crippen molar-refractivity contribution in [2.45, 2.75) is 12.6 Å². The summed E-state index contributed by atoms with van der Waals surface area (Å²) < 4.78 is 39.8. The van der Waals surface area contributed by atoms with Gasteiger partial charge in [-0.25, -0.2) is 4.98 Å². The molecule has 0 bridgehead atoms. The van der Waals surface area contributed by atoms with Crippen molar-refractivity contribution < 1.29 is 18.0 Å². The Morgan fingerprint density at radius 1 is 1.08 bits per heavy atom. The molecule has 8 heteroatoms. The maximum Gasteiger partial charge on any atom is 0.450 e. The molecule has 0 saturated heterocycles. The molecule has 4 nitrogen and oxygen atoms in total. The Kier molecular flexibility index (Phi) is 4.47. The number of hydrogen-bond acceptors (Lipinski definition) is 3. The summed E-state index contributed by atoms with van der Waals surface area (Å²) in [6.45, 7) is 0. The molecule has 128 valence electrons. The number of halogens is 4. The first-order chi connectivity index (χ1) is 11.8. The van der Waals surface area contributed by atoms with Gasteiger partial charge in [-0.15, -0.1) is 0 Å². The van der Waals surface area contributed by atoms with Gasteiger partial charge in [0.15, 0.2) is 0 Å². The molecule has 0 N–H and O–H groups in total. The molecule has 0 aliphatic rings. The van der Waals surface area contributed by atoms with Gasteiger partial charge in [0.1, 0.15) is 5.82 Å². The van der Waals surface area contributed by atoms with E-state index >= 15 is 0 Å². The largest absolute Gasteiger partial charge is 0.450 e. The van der Waals surface area contributed by atoms with E-state index in [1.54, 1.807) is 36.4 Å². The first-order valence-corrected chi connectivity index (χ1v) is 7.93. The highest BCUT2D eigenvalue weighted by Crippen LogP contribution is 2.21. The lowest BCUT2D eigenvalue weighted by atomic mass is 10.2. The molecule has 0 unspecified atom stereocenters. The van der Waals surface area contributed by atoms with E-state index in [0.29, 0.717) is 5.69 Å². The van der Waals surface area contributed by atoms with E-state index in [0.717, 1.165) is 9.04 Å². The summed E-state index contributed by atoms with van der Waals surface area (Å²) in [5.74, 6) is -2.21. The molecule has 0 amide bonds. The number of para-hydroxylation sites is 1. The predicted molar refractivity (Wildman–Crippen MR) is 89.8 cm³/mol. The van der Waals surface area contributed by atoms with Gasteiger partial charge in [0.2, 0.25) is 5.78 Å². The standard InChI is InChI=1S/C17H10BrF3N2O2/c18-10-5-7-11(8-6-10)23-15(9-14(24)17(19,20)21)22-13-4-2-1-3-12(13)16(23)25/h1-8H,9H2. The Morgan fingerprint density at radius 2 is 1.72 bits per heavy atom. The summed E-state index contributed by atoms with van der Waals surface area (Å²) >= 11 is 3.26. The number of fused-ring (bicyclic) bond motifs is 1. The van der Waals surface area contributed by atoms with Crippen LogP contribution in [0, 0.1) is 0 Å². The van der Waals surface area contributed by atoms with Crippen LogP contribution in [0.4, 0.5) is 13.2 Å². The zero-order valence-electron chi connectivity index (χ0n) is 12.5. The Bertz CT molecular complexity index is 1010. The van der Waals surface area contributed by atoms with Crippen LogP contribution in [-0.4, -0.2) is 21.5 Å². The number of Topliss-reactive ketones (excluding diaryl/α,β-unsaturated/α-hetero) is 1. The quantitative estimate of drug-likeness (QED) is 0.659. The number of benzene rings is 2. The Labute approximate surface area is 148 Å². The molecule has 25 heavy (non-hydrogen) atoms. The van der Waals surface area contributed by atoms with Crippen LogP contribution in [-0.2, 0) is 11.2 Å². The molecule has 0 fully saturated rings. The van der Waals surface area contributed by atoms with Gasteiger partial charge in [-0.05, 0) is 36.4 Å². The third kappa shape index (κ3) is 3.48. The van der Waals surface area contributed by atoms with Gasteiger partial charge in [-0.3, -0.25) is 14.2 Å². The van der Waals surface area contributed by atoms with Crippen molar-refractivity contribution in [2.75, 3.05) is 0 Å². The average molecular weight is 411 g/mol. The Hall–Kier alpha value is -2.48. The van der Waals surface area contributed by atoms with E-state index in [-0.39, 0.29) is 16.7 Å². The van der Waals surface area contributed by atoms with E-state index < -0.39 is 23.9 Å². The first kappa shape index (κ1) is 17.3. The van der Waals surface area contributed by atoms with Crippen molar-refractivity contribution in [3.05, 3.63) is 69.2 Å². The van der Waals surface area contributed by atoms with Gasteiger partial charge < -0.3 is 0 Å². The van der Waals surface area contributed by atoms with E-state index in [2.05, 4.69) is 20.9 Å². The predicted octanol–water partition coefficient (Wildman–Crippen LogP) is 3.82. The molecule has 2 aromatic carbocycles. The lowest BCUT2D eigenvalue weighted by Gasteiger charge is -2.14. The van der Waals surface area contributed by atoms with E-state index in [9.17, 15) is 22.8 Å². The number of carbonyl (C=O) groups excluding carboxylic acids is 1. The summed E-state index contributed by atoms with van der Waals surface area (Å²) in [4.78, 5) is 28.3. The lowest BCUT2D eigenvalue weighted by molar-refractivity contribution is -0.170. The van der Waals surface area contributed by atoms with Crippen LogP contribution in [0.1, 0.15) is 5.82 Å². The minimum absolute atomic E-state index is 0.242. The minimum atomic E-state index is -4.99. The van der Waals surface area contributed by atoms with Crippen molar-refractivity contribution in [1.29, 1.82) is 0 Å². The molecule has 0 radical (unpaired) electrons.